The third kappa shape index (κ3) is 70.9. The maximum atomic E-state index is 12.5. The Kier molecular flexibility index (Phi) is 73.4. The summed E-state index contributed by atoms with van der Waals surface area (Å²) in [5, 5.41) is 23.3. The molecule has 0 bridgehead atoms. The highest BCUT2D eigenvalue weighted by atomic mass is 16.5. The molecule has 0 saturated carbocycles. The number of hydrogen-bond acceptors (Lipinski definition) is 5. The van der Waals surface area contributed by atoms with Crippen LogP contribution in [0.15, 0.2) is 48.6 Å². The minimum Gasteiger partial charge on any atom is -0.466 e. The quantitative estimate of drug-likeness (QED) is 0.0320. The van der Waals surface area contributed by atoms with Crippen LogP contribution in [0, 0.1) is 0 Å². The van der Waals surface area contributed by atoms with Gasteiger partial charge in [-0.25, -0.2) is 0 Å². The van der Waals surface area contributed by atoms with E-state index >= 15 is 0 Å². The van der Waals surface area contributed by atoms with Crippen LogP contribution in [0.2, 0.25) is 0 Å². The molecule has 506 valence electrons. The molecular formula is C80H151NO5. The SMILES string of the molecule is CCCCC/C=C\C/C=C\CCCCCCCCCCCC(=O)OCCCCCCCCCCCCCC/C=C\CCCCCCCCCCCCCCCCCC(=O)NC(CO)C(O)/C=C/CCCCCCCCCCCCCCCCCCC. The number of nitrogens with one attached hydrogen (secondary N) is 1. The number of hydrogen-bond donors (Lipinski definition) is 3. The minimum absolute atomic E-state index is 0.0141. The number of carbonyl (C=O) groups is 2. The molecule has 0 saturated heterocycles. The summed E-state index contributed by atoms with van der Waals surface area (Å²) in [4.78, 5) is 24.7. The zero-order valence-electron chi connectivity index (χ0n) is 58.1. The van der Waals surface area contributed by atoms with E-state index in [4.69, 9.17) is 4.74 Å². The summed E-state index contributed by atoms with van der Waals surface area (Å²) in [7, 11) is 0. The van der Waals surface area contributed by atoms with Crippen molar-refractivity contribution in [3.8, 4) is 0 Å². The number of allylic oxidation sites excluding steroid dienone is 7. The van der Waals surface area contributed by atoms with E-state index in [-0.39, 0.29) is 18.5 Å². The van der Waals surface area contributed by atoms with Crippen LogP contribution in [-0.2, 0) is 14.3 Å². The van der Waals surface area contributed by atoms with Gasteiger partial charge in [0.05, 0.1) is 25.4 Å². The average molecular weight is 1210 g/mol. The molecule has 0 aliphatic heterocycles. The fraction of sp³-hybridized carbons (Fsp3) is 0.875. The number of amides is 1. The van der Waals surface area contributed by atoms with Gasteiger partial charge in [0, 0.05) is 12.8 Å². The van der Waals surface area contributed by atoms with Crippen LogP contribution in [0.3, 0.4) is 0 Å². The van der Waals surface area contributed by atoms with E-state index in [9.17, 15) is 19.8 Å². The van der Waals surface area contributed by atoms with E-state index in [1.807, 2.05) is 6.08 Å². The van der Waals surface area contributed by atoms with Crippen molar-refractivity contribution in [1.82, 2.24) is 5.32 Å². The van der Waals surface area contributed by atoms with E-state index in [1.54, 1.807) is 6.08 Å². The Morgan fingerprint density at radius 3 is 0.919 bits per heavy atom. The van der Waals surface area contributed by atoms with Crippen molar-refractivity contribution in [1.29, 1.82) is 0 Å². The first-order chi connectivity index (χ1) is 42.5. The molecule has 0 rings (SSSR count). The van der Waals surface area contributed by atoms with Crippen molar-refractivity contribution >= 4 is 11.9 Å². The highest BCUT2D eigenvalue weighted by molar-refractivity contribution is 5.76. The van der Waals surface area contributed by atoms with Crippen molar-refractivity contribution in [3.63, 3.8) is 0 Å². The Morgan fingerprint density at radius 1 is 0.326 bits per heavy atom. The average Bonchev–Trinajstić information content (AvgIpc) is 3.54. The van der Waals surface area contributed by atoms with Crippen molar-refractivity contribution in [3.05, 3.63) is 48.6 Å². The van der Waals surface area contributed by atoms with E-state index in [2.05, 4.69) is 55.6 Å². The van der Waals surface area contributed by atoms with Crippen molar-refractivity contribution < 1.29 is 24.5 Å². The molecule has 0 aliphatic rings. The van der Waals surface area contributed by atoms with Crippen LogP contribution in [-0.4, -0.2) is 47.4 Å². The predicted molar refractivity (Wildman–Crippen MR) is 379 cm³/mol. The van der Waals surface area contributed by atoms with Gasteiger partial charge in [-0.05, 0) is 89.9 Å². The van der Waals surface area contributed by atoms with Gasteiger partial charge in [0.1, 0.15) is 0 Å². The first-order valence-corrected chi connectivity index (χ1v) is 38.9. The molecule has 0 fully saturated rings. The fourth-order valence-corrected chi connectivity index (χ4v) is 12.1. The molecule has 0 aliphatic carbocycles. The lowest BCUT2D eigenvalue weighted by Gasteiger charge is -2.20. The second-order valence-corrected chi connectivity index (χ2v) is 26.7. The Morgan fingerprint density at radius 2 is 0.581 bits per heavy atom. The second-order valence-electron chi connectivity index (χ2n) is 26.7. The number of carbonyl (C=O) groups excluding carboxylic acids is 2. The molecule has 0 spiro atoms. The fourth-order valence-electron chi connectivity index (χ4n) is 12.1. The summed E-state index contributed by atoms with van der Waals surface area (Å²) >= 11 is 0. The number of unbranched alkanes of at least 4 members (excludes halogenated alkanes) is 56. The van der Waals surface area contributed by atoms with Gasteiger partial charge >= 0.3 is 5.97 Å². The third-order valence-electron chi connectivity index (χ3n) is 18.1. The highest BCUT2D eigenvalue weighted by Gasteiger charge is 2.18. The van der Waals surface area contributed by atoms with E-state index < -0.39 is 12.1 Å². The van der Waals surface area contributed by atoms with Gasteiger partial charge in [-0.2, -0.15) is 0 Å². The molecule has 0 aromatic carbocycles. The predicted octanol–water partition coefficient (Wildman–Crippen LogP) is 25.6. The summed E-state index contributed by atoms with van der Waals surface area (Å²) < 4.78 is 5.51. The third-order valence-corrected chi connectivity index (χ3v) is 18.1. The Bertz CT molecular complexity index is 1440. The first kappa shape index (κ1) is 83.8. The topological polar surface area (TPSA) is 95.9 Å². The summed E-state index contributed by atoms with van der Waals surface area (Å²) in [5.41, 5.74) is 0. The van der Waals surface area contributed by atoms with Crippen LogP contribution >= 0.6 is 0 Å². The summed E-state index contributed by atoms with van der Waals surface area (Å²) in [5.74, 6) is -0.0483. The van der Waals surface area contributed by atoms with Gasteiger partial charge in [0.15, 0.2) is 0 Å². The molecule has 2 atom stereocenters. The standard InChI is InChI=1S/C80H151NO5/c1-3-5-7-9-11-13-15-17-19-21-36-40-44-48-52-56-60-64-68-72-78(83)77(76-82)81-79(84)73-69-65-61-57-53-49-45-41-38-34-32-30-28-26-24-23-25-27-29-31-33-35-39-43-47-51-55-59-63-67-71-75-86-80(85)74-70-66-62-58-54-50-46-42-37-22-20-18-16-14-12-10-8-6-4-2/h12,14,18,20,25,27,68,72,77-78,82-83H,3-11,13,15-17,19,21-24,26,28-67,69-71,73-76H2,1-2H3,(H,81,84)/b14-12-,20-18-,27-25-,72-68+. The number of ether oxygens (including phenoxy) is 1. The van der Waals surface area contributed by atoms with E-state index in [0.29, 0.717) is 19.4 Å². The molecule has 0 heterocycles. The molecule has 86 heavy (non-hydrogen) atoms. The van der Waals surface area contributed by atoms with Gasteiger partial charge in [0.25, 0.3) is 0 Å². The molecule has 0 aromatic rings. The Hall–Kier alpha value is -2.18. The van der Waals surface area contributed by atoms with Gasteiger partial charge in [0.2, 0.25) is 5.91 Å². The first-order valence-electron chi connectivity index (χ1n) is 38.9. The summed E-state index contributed by atoms with van der Waals surface area (Å²) in [6, 6.07) is -0.628. The number of esters is 1. The lowest BCUT2D eigenvalue weighted by molar-refractivity contribution is -0.143. The molecule has 0 aromatic heterocycles. The second kappa shape index (κ2) is 75.3. The maximum Gasteiger partial charge on any atom is 0.305 e. The zero-order valence-corrected chi connectivity index (χ0v) is 58.1. The van der Waals surface area contributed by atoms with Gasteiger partial charge in [-0.15, -0.1) is 0 Å². The van der Waals surface area contributed by atoms with Crippen LogP contribution < -0.4 is 5.32 Å². The van der Waals surface area contributed by atoms with Gasteiger partial charge in [-0.3, -0.25) is 9.59 Å². The van der Waals surface area contributed by atoms with Crippen LogP contribution in [0.25, 0.3) is 0 Å². The van der Waals surface area contributed by atoms with Gasteiger partial charge < -0.3 is 20.3 Å². The molecular weight excluding hydrogens is 1050 g/mol. The highest BCUT2D eigenvalue weighted by Crippen LogP contribution is 2.19. The molecule has 2 unspecified atom stereocenters. The number of rotatable bonds is 73. The zero-order chi connectivity index (χ0) is 62.0. The number of aliphatic hydroxyl groups excluding tert-OH is 2. The van der Waals surface area contributed by atoms with Crippen LogP contribution in [0.4, 0.5) is 0 Å². The maximum absolute atomic E-state index is 12.5. The number of aliphatic hydroxyl groups is 2. The molecule has 1 amide bonds. The van der Waals surface area contributed by atoms with Crippen molar-refractivity contribution in [2.24, 2.45) is 0 Å². The van der Waals surface area contributed by atoms with E-state index in [1.165, 1.54) is 347 Å². The Balaban J connectivity index is 3.37. The van der Waals surface area contributed by atoms with Crippen molar-refractivity contribution in [2.45, 2.75) is 437 Å². The molecule has 3 N–H and O–H groups in total. The summed E-state index contributed by atoms with van der Waals surface area (Å²) in [6.07, 6.45) is 99.3. The largest absolute Gasteiger partial charge is 0.466 e. The smallest absolute Gasteiger partial charge is 0.305 e. The lowest BCUT2D eigenvalue weighted by Crippen LogP contribution is -2.45. The lowest BCUT2D eigenvalue weighted by atomic mass is 10.0. The van der Waals surface area contributed by atoms with Crippen LogP contribution in [0.5, 0.6) is 0 Å². The van der Waals surface area contributed by atoms with Crippen molar-refractivity contribution in [2.75, 3.05) is 13.2 Å². The molecule has 6 heteroatoms. The van der Waals surface area contributed by atoms with E-state index in [0.717, 1.165) is 51.4 Å². The molecule has 0 radical (unpaired) electrons. The van der Waals surface area contributed by atoms with Crippen LogP contribution in [0.1, 0.15) is 425 Å². The Labute approximate surface area is 537 Å². The van der Waals surface area contributed by atoms with Gasteiger partial charge in [-0.1, -0.05) is 371 Å². The summed E-state index contributed by atoms with van der Waals surface area (Å²) in [6.45, 7) is 4.92. The normalized spacial score (nSPS) is 12.7. The minimum atomic E-state index is -0.844. The monoisotopic (exact) mass is 1210 g/mol. The molecule has 6 nitrogen and oxygen atoms in total.